The molecule has 0 saturated carbocycles. The van der Waals surface area contributed by atoms with E-state index in [1.165, 1.54) is 0 Å². The molecule has 1 aliphatic carbocycles. The van der Waals surface area contributed by atoms with Gasteiger partial charge in [-0.05, 0) is 18.8 Å². The van der Waals surface area contributed by atoms with E-state index in [4.69, 9.17) is 5.11 Å². The maximum atomic E-state index is 12.1. The molecule has 0 aromatic carbocycles. The number of amides is 1. The Bertz CT molecular complexity index is 360. The van der Waals surface area contributed by atoms with Crippen LogP contribution in [0, 0.1) is 5.92 Å². The zero-order valence-electron chi connectivity index (χ0n) is 11.3. The van der Waals surface area contributed by atoms with E-state index < -0.39 is 5.97 Å². The standard InChI is InChI=1S/C14H22N2O3/c17-13(11-12-3-1-2-4-12)16-9-7-15(8-10-16)6-5-14(18)19/h1,3,12H,2,4-11H2,(H,18,19). The Morgan fingerprint density at radius 1 is 1.21 bits per heavy atom. The van der Waals surface area contributed by atoms with E-state index in [1.54, 1.807) is 0 Å². The van der Waals surface area contributed by atoms with Crippen LogP contribution in [0.25, 0.3) is 0 Å². The van der Waals surface area contributed by atoms with Crippen LogP contribution >= 0.6 is 0 Å². The summed E-state index contributed by atoms with van der Waals surface area (Å²) in [5.74, 6) is -0.0847. The summed E-state index contributed by atoms with van der Waals surface area (Å²) in [5, 5.41) is 8.65. The van der Waals surface area contributed by atoms with Crippen LogP contribution in [0.3, 0.4) is 0 Å². The summed E-state index contributed by atoms with van der Waals surface area (Å²) in [4.78, 5) is 26.7. The predicted molar refractivity (Wildman–Crippen MR) is 71.8 cm³/mol. The maximum Gasteiger partial charge on any atom is 0.304 e. The Balaban J connectivity index is 1.68. The van der Waals surface area contributed by atoms with Gasteiger partial charge in [-0.25, -0.2) is 0 Å². The molecule has 19 heavy (non-hydrogen) atoms. The number of carbonyl (C=O) groups excluding carboxylic acids is 1. The molecular formula is C14H22N2O3. The molecule has 5 heteroatoms. The molecule has 5 nitrogen and oxygen atoms in total. The Morgan fingerprint density at radius 3 is 2.53 bits per heavy atom. The molecular weight excluding hydrogens is 244 g/mol. The molecule has 1 heterocycles. The zero-order chi connectivity index (χ0) is 13.7. The van der Waals surface area contributed by atoms with Crippen LogP contribution in [0.2, 0.25) is 0 Å². The second kappa shape index (κ2) is 6.70. The molecule has 106 valence electrons. The molecule has 1 saturated heterocycles. The van der Waals surface area contributed by atoms with E-state index >= 15 is 0 Å². The zero-order valence-corrected chi connectivity index (χ0v) is 11.3. The lowest BCUT2D eigenvalue weighted by atomic mass is 10.0. The Labute approximate surface area is 113 Å². The first-order chi connectivity index (χ1) is 9.15. The average Bonchev–Trinajstić information content (AvgIpc) is 2.89. The Morgan fingerprint density at radius 2 is 1.95 bits per heavy atom. The minimum atomic E-state index is -0.758. The lowest BCUT2D eigenvalue weighted by molar-refractivity contribution is -0.138. The van der Waals surface area contributed by atoms with Crippen molar-refractivity contribution in [2.45, 2.75) is 25.7 Å². The van der Waals surface area contributed by atoms with Crippen molar-refractivity contribution in [3.8, 4) is 0 Å². The second-order valence-electron chi connectivity index (χ2n) is 5.34. The lowest BCUT2D eigenvalue weighted by Crippen LogP contribution is -2.49. The average molecular weight is 266 g/mol. The third-order valence-corrected chi connectivity index (χ3v) is 3.92. The van der Waals surface area contributed by atoms with E-state index in [2.05, 4.69) is 17.1 Å². The quantitative estimate of drug-likeness (QED) is 0.753. The summed E-state index contributed by atoms with van der Waals surface area (Å²) < 4.78 is 0. The number of carboxylic acid groups (broad SMARTS) is 1. The molecule has 0 aromatic rings. The van der Waals surface area contributed by atoms with Gasteiger partial charge in [0.1, 0.15) is 0 Å². The first-order valence-electron chi connectivity index (χ1n) is 7.04. The smallest absolute Gasteiger partial charge is 0.304 e. The number of allylic oxidation sites excluding steroid dienone is 2. The minimum absolute atomic E-state index is 0.181. The topological polar surface area (TPSA) is 60.9 Å². The highest BCUT2D eigenvalue weighted by Crippen LogP contribution is 2.21. The van der Waals surface area contributed by atoms with E-state index in [0.717, 1.165) is 39.0 Å². The normalized spacial score (nSPS) is 23.8. The summed E-state index contributed by atoms with van der Waals surface area (Å²) in [6.45, 7) is 3.63. The van der Waals surface area contributed by atoms with E-state index in [-0.39, 0.29) is 12.3 Å². The van der Waals surface area contributed by atoms with Crippen LogP contribution in [0.15, 0.2) is 12.2 Å². The van der Waals surface area contributed by atoms with Crippen molar-refractivity contribution in [3.63, 3.8) is 0 Å². The third-order valence-electron chi connectivity index (χ3n) is 3.92. The van der Waals surface area contributed by atoms with Crippen LogP contribution < -0.4 is 0 Å². The van der Waals surface area contributed by atoms with Gasteiger partial charge >= 0.3 is 5.97 Å². The molecule has 0 aromatic heterocycles. The molecule has 1 unspecified atom stereocenters. The maximum absolute atomic E-state index is 12.1. The van der Waals surface area contributed by atoms with Crippen molar-refractivity contribution in [2.75, 3.05) is 32.7 Å². The van der Waals surface area contributed by atoms with Gasteiger partial charge in [0.15, 0.2) is 0 Å². The number of piperazine rings is 1. The number of aliphatic carboxylic acids is 1. The SMILES string of the molecule is O=C(O)CCN1CCN(C(=O)CC2C=CCC2)CC1. The molecule has 0 radical (unpaired) electrons. The predicted octanol–water partition coefficient (Wildman–Crippen LogP) is 0.962. The van der Waals surface area contributed by atoms with Gasteiger partial charge in [0, 0.05) is 39.1 Å². The van der Waals surface area contributed by atoms with E-state index in [0.29, 0.717) is 18.9 Å². The molecule has 1 fully saturated rings. The van der Waals surface area contributed by atoms with Gasteiger partial charge in [0.2, 0.25) is 5.91 Å². The van der Waals surface area contributed by atoms with Crippen LogP contribution in [0.5, 0.6) is 0 Å². The molecule has 2 aliphatic rings. The molecule has 0 bridgehead atoms. The molecule has 1 amide bonds. The van der Waals surface area contributed by atoms with Gasteiger partial charge in [-0.2, -0.15) is 0 Å². The van der Waals surface area contributed by atoms with Gasteiger partial charge < -0.3 is 10.0 Å². The second-order valence-corrected chi connectivity index (χ2v) is 5.34. The first kappa shape index (κ1) is 14.1. The third kappa shape index (κ3) is 4.35. The van der Waals surface area contributed by atoms with Crippen LogP contribution in [0.4, 0.5) is 0 Å². The van der Waals surface area contributed by atoms with Crippen LogP contribution in [-0.2, 0) is 9.59 Å². The van der Waals surface area contributed by atoms with E-state index in [9.17, 15) is 9.59 Å². The van der Waals surface area contributed by atoms with Crippen molar-refractivity contribution in [1.29, 1.82) is 0 Å². The fourth-order valence-corrected chi connectivity index (χ4v) is 2.69. The van der Waals surface area contributed by atoms with Crippen molar-refractivity contribution < 1.29 is 14.7 Å². The fraction of sp³-hybridized carbons (Fsp3) is 0.714. The number of nitrogens with zero attached hydrogens (tertiary/aromatic N) is 2. The van der Waals surface area contributed by atoms with Crippen molar-refractivity contribution in [3.05, 3.63) is 12.2 Å². The number of rotatable bonds is 5. The lowest BCUT2D eigenvalue weighted by Gasteiger charge is -2.34. The molecule has 0 spiro atoms. The molecule has 1 aliphatic heterocycles. The summed E-state index contributed by atoms with van der Waals surface area (Å²) >= 11 is 0. The molecule has 2 rings (SSSR count). The van der Waals surface area contributed by atoms with Gasteiger partial charge in [-0.3, -0.25) is 14.5 Å². The van der Waals surface area contributed by atoms with Crippen molar-refractivity contribution >= 4 is 11.9 Å². The number of carboxylic acids is 1. The summed E-state index contributed by atoms with van der Waals surface area (Å²) in [7, 11) is 0. The van der Waals surface area contributed by atoms with Crippen LogP contribution in [-0.4, -0.2) is 59.5 Å². The molecule has 1 atom stereocenters. The van der Waals surface area contributed by atoms with Crippen LogP contribution in [0.1, 0.15) is 25.7 Å². The van der Waals surface area contributed by atoms with Gasteiger partial charge in [0.25, 0.3) is 0 Å². The highest BCUT2D eigenvalue weighted by atomic mass is 16.4. The number of hydrogen-bond acceptors (Lipinski definition) is 3. The van der Waals surface area contributed by atoms with Crippen molar-refractivity contribution in [1.82, 2.24) is 9.80 Å². The summed E-state index contributed by atoms with van der Waals surface area (Å²) in [6, 6.07) is 0. The summed E-state index contributed by atoms with van der Waals surface area (Å²) in [5.41, 5.74) is 0. The summed E-state index contributed by atoms with van der Waals surface area (Å²) in [6.07, 6.45) is 7.32. The monoisotopic (exact) mass is 266 g/mol. The highest BCUT2D eigenvalue weighted by molar-refractivity contribution is 5.76. The first-order valence-corrected chi connectivity index (χ1v) is 7.04. The Kier molecular flexibility index (Phi) is 4.96. The number of hydrogen-bond donors (Lipinski definition) is 1. The molecule has 1 N–H and O–H groups in total. The fourth-order valence-electron chi connectivity index (χ4n) is 2.69. The van der Waals surface area contributed by atoms with E-state index in [1.807, 2.05) is 4.90 Å². The van der Waals surface area contributed by atoms with Gasteiger partial charge in [-0.15, -0.1) is 0 Å². The van der Waals surface area contributed by atoms with Gasteiger partial charge in [0.05, 0.1) is 6.42 Å². The largest absolute Gasteiger partial charge is 0.481 e. The highest BCUT2D eigenvalue weighted by Gasteiger charge is 2.23. The Hall–Kier alpha value is -1.36. The minimum Gasteiger partial charge on any atom is -0.481 e. The van der Waals surface area contributed by atoms with Gasteiger partial charge in [-0.1, -0.05) is 12.2 Å². The number of carbonyl (C=O) groups is 2. The van der Waals surface area contributed by atoms with Crippen molar-refractivity contribution in [2.24, 2.45) is 5.92 Å².